The zero-order chi connectivity index (χ0) is 20.1. The van der Waals surface area contributed by atoms with Crippen LogP contribution in [-0.4, -0.2) is 24.9 Å². The second-order valence-electron chi connectivity index (χ2n) is 7.51. The minimum Gasteiger partial charge on any atom is -0.332 e. The first-order chi connectivity index (χ1) is 13.4. The summed E-state index contributed by atoms with van der Waals surface area (Å²) in [7, 11) is 0. The van der Waals surface area contributed by atoms with Crippen molar-refractivity contribution in [3.8, 4) is 0 Å². The highest BCUT2D eigenvalue weighted by molar-refractivity contribution is 5.96. The summed E-state index contributed by atoms with van der Waals surface area (Å²) in [6, 6.07) is 13.9. The van der Waals surface area contributed by atoms with Crippen molar-refractivity contribution in [3.63, 3.8) is 0 Å². The number of nitrogens with one attached hydrogen (secondary N) is 1. The van der Waals surface area contributed by atoms with E-state index in [1.807, 2.05) is 29.6 Å². The lowest BCUT2D eigenvalue weighted by atomic mass is 9.96. The minimum absolute atomic E-state index is 0.0786. The van der Waals surface area contributed by atoms with Crippen molar-refractivity contribution < 1.29 is 19.3 Å². The molecule has 0 aromatic heterocycles. The average Bonchev–Trinajstić information content (AvgIpc) is 3.09. The van der Waals surface area contributed by atoms with E-state index in [0.717, 1.165) is 24.2 Å². The van der Waals surface area contributed by atoms with E-state index in [9.17, 15) is 14.0 Å². The van der Waals surface area contributed by atoms with Crippen molar-refractivity contribution in [3.05, 3.63) is 59.9 Å². The van der Waals surface area contributed by atoms with Crippen LogP contribution in [0.25, 0.3) is 0 Å². The molecule has 3 rings (SSSR count). The summed E-state index contributed by atoms with van der Waals surface area (Å²) in [6.07, 6.45) is 1.48. The van der Waals surface area contributed by atoms with Crippen LogP contribution in [-0.2, 0) is 9.59 Å². The fourth-order valence-electron chi connectivity index (χ4n) is 3.57. The molecule has 1 saturated heterocycles. The molecule has 0 saturated carbocycles. The number of benzene rings is 2. The largest absolute Gasteiger partial charge is 0.332 e. The highest BCUT2D eigenvalue weighted by Gasteiger charge is 2.22. The van der Waals surface area contributed by atoms with E-state index in [1.165, 1.54) is 12.1 Å². The normalized spacial score (nSPS) is 15.1. The molecule has 1 aliphatic heterocycles. The van der Waals surface area contributed by atoms with Gasteiger partial charge in [-0.1, -0.05) is 26.0 Å². The number of carbonyl (C=O) groups excluding carboxylic acids is 2. The van der Waals surface area contributed by atoms with Gasteiger partial charge >= 0.3 is 0 Å². The molecule has 0 radical (unpaired) electrons. The molecule has 2 aromatic carbocycles. The lowest BCUT2D eigenvalue weighted by Crippen LogP contribution is -2.88. The molecular formula is C22H27FN3O2+. The third-order valence-electron chi connectivity index (χ3n) is 5.07. The van der Waals surface area contributed by atoms with E-state index in [-0.39, 0.29) is 30.2 Å². The first kappa shape index (κ1) is 20.0. The van der Waals surface area contributed by atoms with Gasteiger partial charge in [0.25, 0.3) is 5.91 Å². The smallest absolute Gasteiger partial charge is 0.279 e. The SMILES string of the molecule is CC(C)[C@@H]([NH2+]CC(=O)Nc1ccc(N2CCCC2=O)cc1)c1ccc(F)cc1. The maximum absolute atomic E-state index is 13.2. The number of quaternary nitrogens is 1. The molecule has 1 fully saturated rings. The van der Waals surface area contributed by atoms with Crippen molar-refractivity contribution in [1.82, 2.24) is 0 Å². The van der Waals surface area contributed by atoms with Crippen LogP contribution in [0.3, 0.4) is 0 Å². The highest BCUT2D eigenvalue weighted by Crippen LogP contribution is 2.23. The summed E-state index contributed by atoms with van der Waals surface area (Å²) in [6.45, 7) is 5.19. The Balaban J connectivity index is 1.55. The Morgan fingerprint density at radius 3 is 2.39 bits per heavy atom. The van der Waals surface area contributed by atoms with Crippen LogP contribution in [0.15, 0.2) is 48.5 Å². The predicted molar refractivity (Wildman–Crippen MR) is 107 cm³/mol. The van der Waals surface area contributed by atoms with Gasteiger partial charge in [0, 0.05) is 35.8 Å². The Kier molecular flexibility index (Phi) is 6.41. The third kappa shape index (κ3) is 4.95. The topological polar surface area (TPSA) is 66.0 Å². The van der Waals surface area contributed by atoms with Crippen LogP contribution in [0.1, 0.15) is 38.3 Å². The van der Waals surface area contributed by atoms with Crippen molar-refractivity contribution in [1.29, 1.82) is 0 Å². The number of halogens is 1. The second kappa shape index (κ2) is 8.97. The lowest BCUT2D eigenvalue weighted by Gasteiger charge is -2.19. The van der Waals surface area contributed by atoms with Gasteiger partial charge in [-0.25, -0.2) is 4.39 Å². The van der Waals surface area contributed by atoms with Gasteiger partial charge in [0.1, 0.15) is 11.9 Å². The molecule has 0 spiro atoms. The summed E-state index contributed by atoms with van der Waals surface area (Å²) < 4.78 is 13.2. The molecule has 2 aromatic rings. The fourth-order valence-corrected chi connectivity index (χ4v) is 3.57. The first-order valence-corrected chi connectivity index (χ1v) is 9.73. The standard InChI is InChI=1S/C22H26FN3O2/c1-15(2)22(16-5-7-17(23)8-6-16)24-14-20(27)25-18-9-11-19(12-10-18)26-13-3-4-21(26)28/h5-12,15,22,24H,3-4,13-14H2,1-2H3,(H,25,27)/p+1/t22-/m1/s1. The number of hydrogen-bond acceptors (Lipinski definition) is 2. The van der Waals surface area contributed by atoms with E-state index < -0.39 is 0 Å². The monoisotopic (exact) mass is 384 g/mol. The van der Waals surface area contributed by atoms with Crippen LogP contribution in [0.4, 0.5) is 15.8 Å². The van der Waals surface area contributed by atoms with E-state index >= 15 is 0 Å². The summed E-state index contributed by atoms with van der Waals surface area (Å²) in [4.78, 5) is 25.9. The van der Waals surface area contributed by atoms with Crippen LogP contribution >= 0.6 is 0 Å². The Morgan fingerprint density at radius 1 is 1.14 bits per heavy atom. The van der Waals surface area contributed by atoms with Gasteiger partial charge in [-0.15, -0.1) is 0 Å². The molecule has 6 heteroatoms. The van der Waals surface area contributed by atoms with Gasteiger partial charge in [0.15, 0.2) is 6.54 Å². The number of hydrogen-bond donors (Lipinski definition) is 2. The minimum atomic E-state index is -0.261. The Labute approximate surface area is 164 Å². The molecular weight excluding hydrogens is 357 g/mol. The van der Waals surface area contributed by atoms with Gasteiger partial charge in [-0.05, 0) is 42.8 Å². The van der Waals surface area contributed by atoms with Gasteiger partial charge in [-0.2, -0.15) is 0 Å². The quantitative estimate of drug-likeness (QED) is 0.771. The van der Waals surface area contributed by atoms with Crippen molar-refractivity contribution in [2.75, 3.05) is 23.3 Å². The van der Waals surface area contributed by atoms with E-state index in [1.54, 1.807) is 17.0 Å². The van der Waals surface area contributed by atoms with Gasteiger partial charge < -0.3 is 15.5 Å². The number of rotatable bonds is 7. The van der Waals surface area contributed by atoms with Gasteiger partial charge in [0.05, 0.1) is 0 Å². The third-order valence-corrected chi connectivity index (χ3v) is 5.07. The summed E-state index contributed by atoms with van der Waals surface area (Å²) in [5.74, 6) is 0.0864. The number of nitrogens with two attached hydrogens (primary N) is 1. The summed E-state index contributed by atoms with van der Waals surface area (Å²) in [5.41, 5.74) is 2.57. The molecule has 5 nitrogen and oxygen atoms in total. The zero-order valence-corrected chi connectivity index (χ0v) is 16.3. The highest BCUT2D eigenvalue weighted by atomic mass is 19.1. The number of amides is 2. The Hall–Kier alpha value is -2.73. The van der Waals surface area contributed by atoms with Crippen LogP contribution in [0.2, 0.25) is 0 Å². The van der Waals surface area contributed by atoms with Crippen LogP contribution in [0.5, 0.6) is 0 Å². The van der Waals surface area contributed by atoms with Crippen molar-refractivity contribution in [2.24, 2.45) is 5.92 Å². The summed E-state index contributed by atoms with van der Waals surface area (Å²) >= 11 is 0. The van der Waals surface area contributed by atoms with E-state index in [0.29, 0.717) is 18.0 Å². The van der Waals surface area contributed by atoms with Gasteiger partial charge in [-0.3, -0.25) is 9.59 Å². The Morgan fingerprint density at radius 2 is 1.82 bits per heavy atom. The maximum Gasteiger partial charge on any atom is 0.279 e. The van der Waals surface area contributed by atoms with Crippen LogP contribution < -0.4 is 15.5 Å². The van der Waals surface area contributed by atoms with Gasteiger partial charge in [0.2, 0.25) is 5.91 Å². The number of nitrogens with zero attached hydrogens (tertiary/aromatic N) is 1. The van der Waals surface area contributed by atoms with Crippen molar-refractivity contribution >= 4 is 23.2 Å². The first-order valence-electron chi connectivity index (χ1n) is 9.73. The second-order valence-corrected chi connectivity index (χ2v) is 7.51. The Bertz CT molecular complexity index is 819. The number of anilines is 2. The van der Waals surface area contributed by atoms with Crippen LogP contribution in [0, 0.1) is 11.7 Å². The average molecular weight is 384 g/mol. The molecule has 148 valence electrons. The molecule has 1 atom stereocenters. The van der Waals surface area contributed by atoms with Crippen molar-refractivity contribution in [2.45, 2.75) is 32.7 Å². The number of carbonyl (C=O) groups is 2. The van der Waals surface area contributed by atoms with E-state index in [4.69, 9.17) is 0 Å². The van der Waals surface area contributed by atoms with E-state index in [2.05, 4.69) is 19.2 Å². The molecule has 0 unspecified atom stereocenters. The molecule has 0 aliphatic carbocycles. The molecule has 3 N–H and O–H groups in total. The molecule has 1 aliphatic rings. The molecule has 0 bridgehead atoms. The zero-order valence-electron chi connectivity index (χ0n) is 16.3. The maximum atomic E-state index is 13.2. The predicted octanol–water partition coefficient (Wildman–Crippen LogP) is 2.85. The molecule has 28 heavy (non-hydrogen) atoms. The fraction of sp³-hybridized carbons (Fsp3) is 0.364. The molecule has 1 heterocycles. The molecule has 2 amide bonds. The summed E-state index contributed by atoms with van der Waals surface area (Å²) in [5, 5.41) is 4.87. The lowest BCUT2D eigenvalue weighted by molar-refractivity contribution is -0.692.